The second kappa shape index (κ2) is 11.9. The molecular formula is C18H32IN7. The highest BCUT2D eigenvalue weighted by Crippen LogP contribution is 2.02. The van der Waals surface area contributed by atoms with Gasteiger partial charge in [-0.2, -0.15) is 5.10 Å². The van der Waals surface area contributed by atoms with Crippen LogP contribution in [0, 0.1) is 20.8 Å². The van der Waals surface area contributed by atoms with Crippen LogP contribution in [0.25, 0.3) is 0 Å². The largest absolute Gasteiger partial charge is 0.356 e. The van der Waals surface area contributed by atoms with Crippen LogP contribution in [0.4, 0.5) is 0 Å². The molecule has 2 aromatic heterocycles. The van der Waals surface area contributed by atoms with Gasteiger partial charge in [-0.1, -0.05) is 0 Å². The summed E-state index contributed by atoms with van der Waals surface area (Å²) in [6.45, 7) is 9.91. The third kappa shape index (κ3) is 7.35. The van der Waals surface area contributed by atoms with Crippen LogP contribution in [-0.2, 0) is 13.1 Å². The Labute approximate surface area is 173 Å². The number of aliphatic imine (C=N–C) groups is 1. The van der Waals surface area contributed by atoms with Gasteiger partial charge in [0.2, 0.25) is 0 Å². The molecule has 0 atom stereocenters. The van der Waals surface area contributed by atoms with Crippen LogP contribution >= 0.6 is 24.0 Å². The van der Waals surface area contributed by atoms with Crippen LogP contribution in [0.1, 0.15) is 36.5 Å². The minimum Gasteiger partial charge on any atom is -0.356 e. The Balaban J connectivity index is 0.00000338. The van der Waals surface area contributed by atoms with Crippen molar-refractivity contribution in [3.8, 4) is 0 Å². The van der Waals surface area contributed by atoms with Crippen molar-refractivity contribution in [3.05, 3.63) is 35.7 Å². The van der Waals surface area contributed by atoms with Crippen molar-refractivity contribution in [2.45, 2.75) is 53.1 Å². The first-order chi connectivity index (χ1) is 12.1. The highest BCUT2D eigenvalue weighted by molar-refractivity contribution is 14.0. The third-order valence-electron chi connectivity index (χ3n) is 4.21. The van der Waals surface area contributed by atoms with Crippen LogP contribution in [0.5, 0.6) is 0 Å². The molecule has 2 heterocycles. The number of halogens is 1. The number of guanidine groups is 1. The van der Waals surface area contributed by atoms with Crippen LogP contribution in [0.2, 0.25) is 0 Å². The van der Waals surface area contributed by atoms with Crippen LogP contribution in [0.15, 0.2) is 23.5 Å². The zero-order chi connectivity index (χ0) is 18.1. The third-order valence-corrected chi connectivity index (χ3v) is 4.21. The standard InChI is InChI=1S/C18H31N7.HI/c1-15-14-16(2)25(23-15)12-7-9-22-18(19-4)21-8-5-6-11-24-13-10-20-17(24)3;/h10,13-14H,5-9,11-12H2,1-4H3,(H2,19,21,22);1H. The first-order valence-corrected chi connectivity index (χ1v) is 9.03. The average Bonchev–Trinajstić information content (AvgIpc) is 3.14. The summed E-state index contributed by atoms with van der Waals surface area (Å²) in [6.07, 6.45) is 7.13. The number of unbranched alkanes of at least 4 members (excludes halogenated alkanes) is 1. The maximum atomic E-state index is 4.48. The van der Waals surface area contributed by atoms with Crippen molar-refractivity contribution in [2.24, 2.45) is 4.99 Å². The Morgan fingerprint density at radius 2 is 1.81 bits per heavy atom. The lowest BCUT2D eigenvalue weighted by atomic mass is 10.3. The van der Waals surface area contributed by atoms with Gasteiger partial charge in [0.15, 0.2) is 5.96 Å². The number of nitrogens with one attached hydrogen (secondary N) is 2. The van der Waals surface area contributed by atoms with Gasteiger partial charge in [0.25, 0.3) is 0 Å². The van der Waals surface area contributed by atoms with Crippen molar-refractivity contribution in [3.63, 3.8) is 0 Å². The fraction of sp³-hybridized carbons (Fsp3) is 0.611. The van der Waals surface area contributed by atoms with Crippen molar-refractivity contribution in [1.82, 2.24) is 30.0 Å². The molecule has 146 valence electrons. The van der Waals surface area contributed by atoms with Gasteiger partial charge in [0.05, 0.1) is 5.69 Å². The predicted octanol–water partition coefficient (Wildman–Crippen LogP) is 2.66. The highest BCUT2D eigenvalue weighted by atomic mass is 127. The molecule has 2 N–H and O–H groups in total. The normalized spacial score (nSPS) is 11.3. The molecule has 2 rings (SSSR count). The van der Waals surface area contributed by atoms with E-state index in [1.165, 1.54) is 5.69 Å². The van der Waals surface area contributed by atoms with E-state index < -0.39 is 0 Å². The monoisotopic (exact) mass is 473 g/mol. The topological polar surface area (TPSA) is 72.1 Å². The van der Waals surface area contributed by atoms with Gasteiger partial charge in [-0.15, -0.1) is 24.0 Å². The summed E-state index contributed by atoms with van der Waals surface area (Å²) >= 11 is 0. The van der Waals surface area contributed by atoms with Crippen molar-refractivity contribution >= 4 is 29.9 Å². The lowest BCUT2D eigenvalue weighted by Crippen LogP contribution is -2.38. The summed E-state index contributed by atoms with van der Waals surface area (Å²) < 4.78 is 4.25. The van der Waals surface area contributed by atoms with E-state index in [0.717, 1.165) is 62.9 Å². The SMILES string of the molecule is CN=C(NCCCCn1ccnc1C)NCCCn1nc(C)cc1C.I. The molecule has 0 amide bonds. The van der Waals surface area contributed by atoms with Crippen molar-refractivity contribution in [1.29, 1.82) is 0 Å². The molecule has 0 fully saturated rings. The zero-order valence-corrected chi connectivity index (χ0v) is 18.7. The molecule has 0 spiro atoms. The maximum absolute atomic E-state index is 4.48. The maximum Gasteiger partial charge on any atom is 0.190 e. The van der Waals surface area contributed by atoms with Crippen molar-refractivity contribution < 1.29 is 0 Å². The lowest BCUT2D eigenvalue weighted by molar-refractivity contribution is 0.553. The van der Waals surface area contributed by atoms with Crippen molar-refractivity contribution in [2.75, 3.05) is 20.1 Å². The van der Waals surface area contributed by atoms with Crippen LogP contribution in [0.3, 0.4) is 0 Å². The number of aryl methyl sites for hydroxylation is 5. The van der Waals surface area contributed by atoms with Gasteiger partial charge in [-0.05, 0) is 46.1 Å². The molecule has 0 aromatic carbocycles. The van der Waals surface area contributed by atoms with Gasteiger partial charge >= 0.3 is 0 Å². The predicted molar refractivity (Wildman–Crippen MR) is 117 cm³/mol. The van der Waals surface area contributed by atoms with E-state index in [2.05, 4.69) is 47.9 Å². The number of nitrogens with zero attached hydrogens (tertiary/aromatic N) is 5. The van der Waals surface area contributed by atoms with Crippen LogP contribution < -0.4 is 10.6 Å². The Kier molecular flexibility index (Phi) is 10.3. The molecule has 0 aliphatic rings. The Morgan fingerprint density at radius 1 is 1.08 bits per heavy atom. The van der Waals surface area contributed by atoms with E-state index in [1.807, 2.05) is 33.3 Å². The van der Waals surface area contributed by atoms with Gasteiger partial charge in [-0.25, -0.2) is 4.98 Å². The molecule has 0 radical (unpaired) electrons. The fourth-order valence-corrected chi connectivity index (χ4v) is 2.81. The van der Waals surface area contributed by atoms with Gasteiger partial charge in [0.1, 0.15) is 5.82 Å². The van der Waals surface area contributed by atoms with E-state index >= 15 is 0 Å². The first-order valence-electron chi connectivity index (χ1n) is 9.03. The lowest BCUT2D eigenvalue weighted by Gasteiger charge is -2.12. The van der Waals surface area contributed by atoms with Gasteiger partial charge in [0, 0.05) is 51.3 Å². The van der Waals surface area contributed by atoms with E-state index in [9.17, 15) is 0 Å². The average molecular weight is 473 g/mol. The summed E-state index contributed by atoms with van der Waals surface area (Å²) in [5, 5.41) is 11.2. The number of rotatable bonds is 9. The molecule has 0 aliphatic heterocycles. The Hall–Kier alpha value is -1.58. The van der Waals surface area contributed by atoms with E-state index in [-0.39, 0.29) is 24.0 Å². The minimum absolute atomic E-state index is 0. The Bertz CT molecular complexity index is 675. The molecule has 2 aromatic rings. The second-order valence-corrected chi connectivity index (χ2v) is 6.30. The number of hydrogen-bond donors (Lipinski definition) is 2. The summed E-state index contributed by atoms with van der Waals surface area (Å²) in [5.74, 6) is 1.94. The zero-order valence-electron chi connectivity index (χ0n) is 16.3. The quantitative estimate of drug-likeness (QED) is 0.254. The molecular weight excluding hydrogens is 441 g/mol. The number of hydrogen-bond acceptors (Lipinski definition) is 3. The van der Waals surface area contributed by atoms with Gasteiger partial charge in [-0.3, -0.25) is 9.67 Å². The number of aromatic nitrogens is 4. The minimum atomic E-state index is 0. The first kappa shape index (κ1) is 22.5. The second-order valence-electron chi connectivity index (χ2n) is 6.30. The molecule has 0 saturated heterocycles. The molecule has 0 aliphatic carbocycles. The number of imidazole rings is 1. The molecule has 0 unspecified atom stereocenters. The molecule has 26 heavy (non-hydrogen) atoms. The van der Waals surface area contributed by atoms with E-state index in [1.54, 1.807) is 0 Å². The van der Waals surface area contributed by atoms with Gasteiger partial charge < -0.3 is 15.2 Å². The summed E-state index contributed by atoms with van der Waals surface area (Å²) in [4.78, 5) is 8.51. The molecule has 0 saturated carbocycles. The molecule has 0 bridgehead atoms. The van der Waals surface area contributed by atoms with E-state index in [4.69, 9.17) is 0 Å². The van der Waals surface area contributed by atoms with E-state index in [0.29, 0.717) is 0 Å². The summed E-state index contributed by atoms with van der Waals surface area (Å²) in [6, 6.07) is 2.11. The molecule has 7 nitrogen and oxygen atoms in total. The fourth-order valence-electron chi connectivity index (χ4n) is 2.81. The summed E-state index contributed by atoms with van der Waals surface area (Å²) in [5.41, 5.74) is 2.29. The highest BCUT2D eigenvalue weighted by Gasteiger charge is 2.01. The molecule has 8 heteroatoms. The van der Waals surface area contributed by atoms with Crippen LogP contribution in [-0.4, -0.2) is 45.4 Å². The Morgan fingerprint density at radius 3 is 2.38 bits per heavy atom. The smallest absolute Gasteiger partial charge is 0.190 e. The summed E-state index contributed by atoms with van der Waals surface area (Å²) in [7, 11) is 1.81.